The van der Waals surface area contributed by atoms with E-state index < -0.39 is 0 Å². The molecule has 8 heteroatoms. The van der Waals surface area contributed by atoms with Gasteiger partial charge in [0.25, 0.3) is 5.56 Å². The van der Waals surface area contributed by atoms with Crippen molar-refractivity contribution >= 4 is 32.7 Å². The summed E-state index contributed by atoms with van der Waals surface area (Å²) in [5, 5.41) is 3.84. The monoisotopic (exact) mass is 425 g/mol. The van der Waals surface area contributed by atoms with Crippen LogP contribution < -0.4 is 15.8 Å². The van der Waals surface area contributed by atoms with E-state index in [1.807, 2.05) is 25.1 Å². The number of aryl methyl sites for hydroxylation is 1. The van der Waals surface area contributed by atoms with Gasteiger partial charge in [0, 0.05) is 19.1 Å². The Labute approximate surface area is 179 Å². The van der Waals surface area contributed by atoms with Crippen LogP contribution in [0.2, 0.25) is 0 Å². The quantitative estimate of drug-likeness (QED) is 0.630. The maximum Gasteiger partial charge on any atom is 0.273 e. The van der Waals surface area contributed by atoms with E-state index in [0.717, 1.165) is 43.9 Å². The van der Waals surface area contributed by atoms with Gasteiger partial charge in [-0.1, -0.05) is 41.7 Å². The lowest BCUT2D eigenvalue weighted by Crippen LogP contribution is -2.37. The molecule has 1 saturated heterocycles. The van der Waals surface area contributed by atoms with Crippen LogP contribution in [-0.2, 0) is 17.8 Å². The highest BCUT2D eigenvalue weighted by atomic mass is 32.1. The van der Waals surface area contributed by atoms with Crippen molar-refractivity contribution in [2.24, 2.45) is 0 Å². The number of benzene rings is 1. The number of piperidine rings is 1. The number of amides is 1. The highest BCUT2D eigenvalue weighted by Gasteiger charge is 2.18. The molecular formula is C22H27N5O2S. The number of nitrogens with one attached hydrogen (secondary N) is 1. The third kappa shape index (κ3) is 4.87. The van der Waals surface area contributed by atoms with E-state index >= 15 is 0 Å². The van der Waals surface area contributed by atoms with E-state index in [1.165, 1.54) is 34.2 Å². The summed E-state index contributed by atoms with van der Waals surface area (Å²) < 4.78 is 1.89. The number of rotatable bonds is 7. The second-order valence-corrected chi connectivity index (χ2v) is 8.84. The zero-order valence-corrected chi connectivity index (χ0v) is 18.0. The van der Waals surface area contributed by atoms with Crippen molar-refractivity contribution in [3.05, 3.63) is 52.6 Å². The lowest BCUT2D eigenvalue weighted by molar-refractivity contribution is -0.122. The zero-order valence-electron chi connectivity index (χ0n) is 17.2. The minimum Gasteiger partial charge on any atom is -0.352 e. The Hall–Kier alpha value is -2.74. The number of carbonyl (C=O) groups is 1. The summed E-state index contributed by atoms with van der Waals surface area (Å²) >= 11 is 1.38. The molecule has 0 unspecified atom stereocenters. The molecule has 3 heterocycles. The Kier molecular flexibility index (Phi) is 6.42. The number of anilines is 1. The van der Waals surface area contributed by atoms with Crippen molar-refractivity contribution in [1.29, 1.82) is 0 Å². The molecule has 0 bridgehead atoms. The predicted octanol–water partition coefficient (Wildman–Crippen LogP) is 2.98. The molecule has 4 rings (SSSR count). The van der Waals surface area contributed by atoms with Gasteiger partial charge in [-0.2, -0.15) is 4.98 Å². The van der Waals surface area contributed by atoms with Gasteiger partial charge in [-0.25, -0.2) is 4.98 Å². The van der Waals surface area contributed by atoms with E-state index in [0.29, 0.717) is 10.3 Å². The van der Waals surface area contributed by atoms with Crippen molar-refractivity contribution < 1.29 is 4.79 Å². The molecule has 1 atom stereocenters. The molecule has 1 amide bonds. The van der Waals surface area contributed by atoms with Crippen molar-refractivity contribution in [2.45, 2.75) is 51.6 Å². The van der Waals surface area contributed by atoms with E-state index in [1.54, 1.807) is 0 Å². The van der Waals surface area contributed by atoms with Gasteiger partial charge < -0.3 is 10.2 Å². The van der Waals surface area contributed by atoms with Gasteiger partial charge in [-0.05, 0) is 44.6 Å². The first-order valence-electron chi connectivity index (χ1n) is 10.5. The summed E-state index contributed by atoms with van der Waals surface area (Å²) in [5.74, 6) is -0.181. The van der Waals surface area contributed by atoms with E-state index in [2.05, 4.69) is 32.3 Å². The number of hydrogen-bond acceptors (Lipinski definition) is 6. The molecule has 0 radical (unpaired) electrons. The number of thiazole rings is 1. The molecule has 1 aliphatic rings. The summed E-state index contributed by atoms with van der Waals surface area (Å²) in [5.41, 5.74) is 1.52. The minimum absolute atomic E-state index is 0.0270. The summed E-state index contributed by atoms with van der Waals surface area (Å²) in [6, 6.07) is 10.2. The summed E-state index contributed by atoms with van der Waals surface area (Å²) in [6.07, 6.45) is 6.71. The number of hydrogen-bond donors (Lipinski definition) is 1. The molecule has 1 aromatic carbocycles. The molecule has 0 saturated carbocycles. The Morgan fingerprint density at radius 3 is 2.73 bits per heavy atom. The number of aromatic nitrogens is 3. The number of carbonyl (C=O) groups excluding carboxylic acids is 1. The molecule has 1 N–H and O–H groups in total. The van der Waals surface area contributed by atoms with E-state index in [-0.39, 0.29) is 24.1 Å². The van der Waals surface area contributed by atoms with E-state index in [9.17, 15) is 9.59 Å². The Morgan fingerprint density at radius 1 is 1.20 bits per heavy atom. The summed E-state index contributed by atoms with van der Waals surface area (Å²) in [7, 11) is 0. The summed E-state index contributed by atoms with van der Waals surface area (Å²) in [4.78, 5) is 36.4. The van der Waals surface area contributed by atoms with E-state index in [4.69, 9.17) is 0 Å². The Bertz CT molecular complexity index is 1060. The van der Waals surface area contributed by atoms with Crippen LogP contribution in [0.1, 0.15) is 38.2 Å². The second kappa shape index (κ2) is 9.38. The van der Waals surface area contributed by atoms with Crippen LogP contribution in [0.5, 0.6) is 0 Å². The molecule has 2 aromatic heterocycles. The van der Waals surface area contributed by atoms with Gasteiger partial charge in [0.2, 0.25) is 5.91 Å². The molecule has 1 fully saturated rings. The first-order chi connectivity index (χ1) is 14.6. The normalized spacial score (nSPS) is 15.3. The van der Waals surface area contributed by atoms with Gasteiger partial charge in [-0.3, -0.25) is 14.2 Å². The third-order valence-electron chi connectivity index (χ3n) is 5.43. The maximum atomic E-state index is 12.9. The van der Waals surface area contributed by atoms with Crippen molar-refractivity contribution in [2.75, 3.05) is 18.0 Å². The molecule has 158 valence electrons. The molecule has 30 heavy (non-hydrogen) atoms. The van der Waals surface area contributed by atoms with Gasteiger partial charge >= 0.3 is 0 Å². The summed E-state index contributed by atoms with van der Waals surface area (Å²) in [6.45, 7) is 3.89. The van der Waals surface area contributed by atoms with Crippen molar-refractivity contribution in [3.8, 4) is 0 Å². The molecule has 7 nitrogen and oxygen atoms in total. The molecular weight excluding hydrogens is 398 g/mol. The van der Waals surface area contributed by atoms with Gasteiger partial charge in [0.05, 0.1) is 0 Å². The average molecular weight is 426 g/mol. The van der Waals surface area contributed by atoms with Crippen molar-refractivity contribution in [1.82, 2.24) is 19.9 Å². The first-order valence-corrected chi connectivity index (χ1v) is 11.4. The van der Waals surface area contributed by atoms with Crippen LogP contribution in [0.3, 0.4) is 0 Å². The van der Waals surface area contributed by atoms with Crippen LogP contribution in [0.25, 0.3) is 10.3 Å². The largest absolute Gasteiger partial charge is 0.352 e. The first kappa shape index (κ1) is 20.5. The van der Waals surface area contributed by atoms with Gasteiger partial charge in [0.15, 0.2) is 10.8 Å². The van der Waals surface area contributed by atoms with Crippen LogP contribution in [0.4, 0.5) is 5.13 Å². The van der Waals surface area contributed by atoms with Crippen molar-refractivity contribution in [3.63, 3.8) is 0 Å². The smallest absolute Gasteiger partial charge is 0.273 e. The fraction of sp³-hybridized carbons (Fsp3) is 0.455. The number of nitrogens with zero attached hydrogens (tertiary/aromatic N) is 4. The lowest BCUT2D eigenvalue weighted by atomic mass is 10.1. The topological polar surface area (TPSA) is 80.1 Å². The SMILES string of the molecule is C[C@H](CCc1ccccc1)NC(=O)Cn1cnc2nc(N3CCCCC3)sc2c1=O. The minimum atomic E-state index is -0.201. The van der Waals surface area contributed by atoms with Gasteiger partial charge in [-0.15, -0.1) is 0 Å². The zero-order chi connectivity index (χ0) is 20.9. The maximum absolute atomic E-state index is 12.9. The van der Waals surface area contributed by atoms with Crippen LogP contribution in [-0.4, -0.2) is 39.6 Å². The third-order valence-corrected chi connectivity index (χ3v) is 6.52. The Morgan fingerprint density at radius 2 is 1.97 bits per heavy atom. The molecule has 1 aliphatic heterocycles. The van der Waals surface area contributed by atoms with Gasteiger partial charge in [0.1, 0.15) is 17.6 Å². The fourth-order valence-electron chi connectivity index (χ4n) is 3.74. The highest BCUT2D eigenvalue weighted by Crippen LogP contribution is 2.27. The standard InChI is InChI=1S/C22H27N5O2S/c1-16(10-11-17-8-4-2-5-9-17)24-18(28)14-27-15-23-20-19(21(27)29)30-22(25-20)26-12-6-3-7-13-26/h2,4-5,8-9,15-16H,3,6-7,10-14H2,1H3,(H,24,28)/t16-/m1/s1. The van der Waals surface area contributed by atoms with Crippen LogP contribution in [0.15, 0.2) is 41.5 Å². The van der Waals surface area contributed by atoms with Crippen LogP contribution >= 0.6 is 11.3 Å². The van der Waals surface area contributed by atoms with Crippen LogP contribution in [0, 0.1) is 0 Å². The highest BCUT2D eigenvalue weighted by molar-refractivity contribution is 7.22. The average Bonchev–Trinajstić information content (AvgIpc) is 3.21. The molecule has 0 aliphatic carbocycles. The molecule has 0 spiro atoms. The molecule has 3 aromatic rings. The predicted molar refractivity (Wildman–Crippen MR) is 120 cm³/mol. The number of fused-ring (bicyclic) bond motifs is 1. The fourth-order valence-corrected chi connectivity index (χ4v) is 4.76. The Balaban J connectivity index is 1.38. The lowest BCUT2D eigenvalue weighted by Gasteiger charge is -2.25. The second-order valence-electron chi connectivity index (χ2n) is 7.87.